The van der Waals surface area contributed by atoms with Crippen molar-refractivity contribution in [2.45, 2.75) is 38.8 Å². The smallest absolute Gasteiger partial charge is 0.228 e. The number of amides is 1. The summed E-state index contributed by atoms with van der Waals surface area (Å²) in [7, 11) is -3.46. The first-order valence-corrected chi connectivity index (χ1v) is 11.0. The Labute approximate surface area is 160 Å². The first-order chi connectivity index (χ1) is 13.0. The van der Waals surface area contributed by atoms with Crippen molar-refractivity contribution in [1.82, 2.24) is 4.31 Å². The number of hydrogen-bond acceptors (Lipinski definition) is 3. The van der Waals surface area contributed by atoms with E-state index in [0.717, 1.165) is 29.7 Å². The number of rotatable bonds is 4. The summed E-state index contributed by atoms with van der Waals surface area (Å²) in [5, 5.41) is 0. The molecule has 2 aromatic rings. The molecule has 2 heterocycles. The highest BCUT2D eigenvalue weighted by molar-refractivity contribution is 7.89. The van der Waals surface area contributed by atoms with Crippen LogP contribution in [0.2, 0.25) is 0 Å². The summed E-state index contributed by atoms with van der Waals surface area (Å²) in [5.74, 6) is -0.257. The highest BCUT2D eigenvalue weighted by Crippen LogP contribution is 2.32. The van der Waals surface area contributed by atoms with Crippen molar-refractivity contribution in [3.63, 3.8) is 0 Å². The lowest BCUT2D eigenvalue weighted by Crippen LogP contribution is -2.40. The van der Waals surface area contributed by atoms with Crippen LogP contribution in [0.1, 0.15) is 30.0 Å². The highest BCUT2D eigenvalue weighted by Gasteiger charge is 2.32. The molecule has 2 aromatic carbocycles. The molecule has 27 heavy (non-hydrogen) atoms. The highest BCUT2D eigenvalue weighted by atomic mass is 32.2. The van der Waals surface area contributed by atoms with Gasteiger partial charge < -0.3 is 4.90 Å². The molecule has 0 saturated heterocycles. The quantitative estimate of drug-likeness (QED) is 0.814. The van der Waals surface area contributed by atoms with E-state index in [9.17, 15) is 13.2 Å². The Morgan fingerprint density at radius 3 is 2.48 bits per heavy atom. The maximum atomic E-state index is 12.8. The van der Waals surface area contributed by atoms with Gasteiger partial charge in [0.2, 0.25) is 15.9 Å². The van der Waals surface area contributed by atoms with Gasteiger partial charge in [0, 0.05) is 31.2 Å². The second kappa shape index (κ2) is 7.09. The van der Waals surface area contributed by atoms with E-state index in [-0.39, 0.29) is 24.1 Å². The van der Waals surface area contributed by atoms with Gasteiger partial charge in [0.25, 0.3) is 0 Å². The van der Waals surface area contributed by atoms with Crippen molar-refractivity contribution in [3.8, 4) is 0 Å². The number of nitrogens with zero attached hydrogens (tertiary/aromatic N) is 2. The Hall–Kier alpha value is -2.18. The molecule has 0 aromatic heterocycles. The van der Waals surface area contributed by atoms with Crippen molar-refractivity contribution in [2.75, 3.05) is 17.2 Å². The molecule has 0 radical (unpaired) electrons. The molecule has 0 fully saturated rings. The van der Waals surface area contributed by atoms with E-state index in [1.807, 2.05) is 49.4 Å². The molecular formula is C21H24N2O3S. The fourth-order valence-electron chi connectivity index (χ4n) is 4.12. The SMILES string of the molecule is CC1Cc2ccccc2N1C(=O)CCS(=O)(=O)N1CCc2ccccc2C1. The zero-order valence-corrected chi connectivity index (χ0v) is 16.3. The van der Waals surface area contributed by atoms with Crippen molar-refractivity contribution in [2.24, 2.45) is 0 Å². The lowest BCUT2D eigenvalue weighted by Gasteiger charge is -2.28. The molecule has 4 rings (SSSR count). The van der Waals surface area contributed by atoms with E-state index < -0.39 is 10.0 Å². The van der Waals surface area contributed by atoms with Crippen molar-refractivity contribution < 1.29 is 13.2 Å². The molecule has 0 bridgehead atoms. The van der Waals surface area contributed by atoms with Crippen molar-refractivity contribution in [1.29, 1.82) is 0 Å². The first-order valence-electron chi connectivity index (χ1n) is 9.40. The van der Waals surface area contributed by atoms with Crippen LogP contribution < -0.4 is 4.90 Å². The number of sulfonamides is 1. The molecule has 2 aliphatic rings. The molecule has 0 aliphatic carbocycles. The molecule has 2 aliphatic heterocycles. The zero-order valence-electron chi connectivity index (χ0n) is 15.5. The molecular weight excluding hydrogens is 360 g/mol. The predicted octanol–water partition coefficient (Wildman–Crippen LogP) is 2.74. The van der Waals surface area contributed by atoms with Gasteiger partial charge >= 0.3 is 0 Å². The Morgan fingerprint density at radius 1 is 1.04 bits per heavy atom. The minimum Gasteiger partial charge on any atom is -0.309 e. The second-order valence-corrected chi connectivity index (χ2v) is 9.45. The predicted molar refractivity (Wildman–Crippen MR) is 106 cm³/mol. The average Bonchev–Trinajstić information content (AvgIpc) is 3.01. The largest absolute Gasteiger partial charge is 0.309 e. The van der Waals surface area contributed by atoms with Crippen LogP contribution in [0.25, 0.3) is 0 Å². The van der Waals surface area contributed by atoms with Gasteiger partial charge in [0.1, 0.15) is 0 Å². The number of hydrogen-bond donors (Lipinski definition) is 0. The van der Waals surface area contributed by atoms with E-state index in [0.29, 0.717) is 13.1 Å². The van der Waals surface area contributed by atoms with Crippen LogP contribution in [0.4, 0.5) is 5.69 Å². The first kappa shape index (κ1) is 18.2. The van der Waals surface area contributed by atoms with Gasteiger partial charge in [-0.2, -0.15) is 4.31 Å². The minimum atomic E-state index is -3.46. The van der Waals surface area contributed by atoms with Crippen LogP contribution in [0.15, 0.2) is 48.5 Å². The molecule has 142 valence electrons. The number of fused-ring (bicyclic) bond motifs is 2. The monoisotopic (exact) mass is 384 g/mol. The fourth-order valence-corrected chi connectivity index (χ4v) is 5.51. The normalized spacial score (nSPS) is 19.6. The lowest BCUT2D eigenvalue weighted by atomic mass is 10.0. The molecule has 6 heteroatoms. The maximum absolute atomic E-state index is 12.8. The average molecular weight is 385 g/mol. The summed E-state index contributed by atoms with van der Waals surface area (Å²) in [6, 6.07) is 15.9. The third-order valence-electron chi connectivity index (χ3n) is 5.54. The summed E-state index contributed by atoms with van der Waals surface area (Å²) in [5.41, 5.74) is 4.33. The molecule has 1 unspecified atom stereocenters. The van der Waals surface area contributed by atoms with Crippen LogP contribution in [-0.4, -0.2) is 37.0 Å². The summed E-state index contributed by atoms with van der Waals surface area (Å²) >= 11 is 0. The van der Waals surface area contributed by atoms with Crippen molar-refractivity contribution >= 4 is 21.6 Å². The van der Waals surface area contributed by atoms with Gasteiger partial charge in [-0.3, -0.25) is 4.79 Å². The van der Waals surface area contributed by atoms with E-state index in [4.69, 9.17) is 0 Å². The van der Waals surface area contributed by atoms with Crippen LogP contribution in [0.5, 0.6) is 0 Å². The number of carbonyl (C=O) groups is 1. The number of benzene rings is 2. The second-order valence-electron chi connectivity index (χ2n) is 7.36. The summed E-state index contributed by atoms with van der Waals surface area (Å²) in [6.07, 6.45) is 1.55. The summed E-state index contributed by atoms with van der Waals surface area (Å²) < 4.78 is 27.1. The third-order valence-corrected chi connectivity index (χ3v) is 7.36. The number of carbonyl (C=O) groups excluding carboxylic acids is 1. The van der Waals surface area contributed by atoms with Crippen LogP contribution >= 0.6 is 0 Å². The molecule has 1 atom stereocenters. The number of anilines is 1. The molecule has 1 amide bonds. The molecule has 5 nitrogen and oxygen atoms in total. The Bertz CT molecular complexity index is 971. The summed E-state index contributed by atoms with van der Waals surface area (Å²) in [6.45, 7) is 2.89. The lowest BCUT2D eigenvalue weighted by molar-refractivity contribution is -0.118. The van der Waals surface area contributed by atoms with Gasteiger partial charge in [-0.25, -0.2) is 8.42 Å². The van der Waals surface area contributed by atoms with Crippen LogP contribution in [0.3, 0.4) is 0 Å². The van der Waals surface area contributed by atoms with Crippen molar-refractivity contribution in [3.05, 3.63) is 65.2 Å². The van der Waals surface area contributed by atoms with E-state index in [1.54, 1.807) is 4.90 Å². The topological polar surface area (TPSA) is 57.7 Å². The standard InChI is InChI=1S/C21H24N2O3S/c1-16-14-18-7-4-5-9-20(18)23(16)21(24)11-13-27(25,26)22-12-10-17-6-2-3-8-19(17)15-22/h2-9,16H,10-15H2,1H3. The fraction of sp³-hybridized carbons (Fsp3) is 0.381. The Morgan fingerprint density at radius 2 is 1.70 bits per heavy atom. The molecule has 0 spiro atoms. The van der Waals surface area contributed by atoms with Gasteiger partial charge in [0.15, 0.2) is 0 Å². The zero-order chi connectivity index (χ0) is 19.0. The van der Waals surface area contributed by atoms with Crippen LogP contribution in [0, 0.1) is 0 Å². The third kappa shape index (κ3) is 3.51. The van der Waals surface area contributed by atoms with Gasteiger partial charge in [-0.1, -0.05) is 42.5 Å². The Balaban J connectivity index is 1.43. The van der Waals surface area contributed by atoms with E-state index in [2.05, 4.69) is 6.07 Å². The Kier molecular flexibility index (Phi) is 4.78. The van der Waals surface area contributed by atoms with Gasteiger partial charge in [0.05, 0.1) is 5.75 Å². The van der Waals surface area contributed by atoms with Gasteiger partial charge in [-0.05, 0) is 42.5 Å². The molecule has 0 saturated carbocycles. The van der Waals surface area contributed by atoms with E-state index >= 15 is 0 Å². The summed E-state index contributed by atoms with van der Waals surface area (Å²) in [4.78, 5) is 14.5. The minimum absolute atomic E-state index is 0.0131. The maximum Gasteiger partial charge on any atom is 0.228 e. The molecule has 0 N–H and O–H groups in total. The number of para-hydroxylation sites is 1. The van der Waals surface area contributed by atoms with Crippen LogP contribution in [-0.2, 0) is 34.2 Å². The van der Waals surface area contributed by atoms with Gasteiger partial charge in [-0.15, -0.1) is 0 Å². The van der Waals surface area contributed by atoms with E-state index in [1.165, 1.54) is 9.87 Å².